The Morgan fingerprint density at radius 1 is 1.37 bits per heavy atom. The van der Waals surface area contributed by atoms with Crippen LogP contribution in [0.15, 0.2) is 36.7 Å². The summed E-state index contributed by atoms with van der Waals surface area (Å²) in [7, 11) is 3.40. The SMILES string of the molecule is CN(Cc1ccccc1OC(F)(F)F)C(=O)[C@H]1CNC[C@@H]1c1cnn(C)c1. The van der Waals surface area contributed by atoms with Gasteiger partial charge in [0.25, 0.3) is 0 Å². The van der Waals surface area contributed by atoms with Crippen LogP contribution in [0.25, 0.3) is 0 Å². The average molecular weight is 382 g/mol. The minimum absolute atomic E-state index is 0.0182. The van der Waals surface area contributed by atoms with Crippen molar-refractivity contribution in [2.75, 3.05) is 20.1 Å². The summed E-state index contributed by atoms with van der Waals surface area (Å²) in [5.41, 5.74) is 1.27. The molecule has 1 aliphatic rings. The molecule has 3 rings (SSSR count). The minimum Gasteiger partial charge on any atom is -0.405 e. The van der Waals surface area contributed by atoms with Crippen LogP contribution >= 0.6 is 0 Å². The number of alkyl halides is 3. The number of nitrogens with one attached hydrogen (secondary N) is 1. The summed E-state index contributed by atoms with van der Waals surface area (Å²) in [5.74, 6) is -0.737. The van der Waals surface area contributed by atoms with Gasteiger partial charge in [-0.1, -0.05) is 18.2 Å². The number of para-hydroxylation sites is 1. The van der Waals surface area contributed by atoms with E-state index in [-0.39, 0.29) is 30.0 Å². The lowest BCUT2D eigenvalue weighted by Gasteiger charge is -2.25. The molecule has 2 heterocycles. The van der Waals surface area contributed by atoms with E-state index in [4.69, 9.17) is 0 Å². The van der Waals surface area contributed by atoms with Crippen LogP contribution in [0, 0.1) is 5.92 Å². The van der Waals surface area contributed by atoms with Crippen molar-refractivity contribution in [3.8, 4) is 5.75 Å². The molecule has 1 aromatic heterocycles. The fourth-order valence-corrected chi connectivity index (χ4v) is 3.40. The average Bonchev–Trinajstić information content (AvgIpc) is 3.23. The van der Waals surface area contributed by atoms with Crippen LogP contribution in [0.4, 0.5) is 13.2 Å². The molecule has 2 atom stereocenters. The first-order valence-electron chi connectivity index (χ1n) is 8.52. The number of hydrogen-bond acceptors (Lipinski definition) is 4. The zero-order chi connectivity index (χ0) is 19.6. The van der Waals surface area contributed by atoms with Crippen LogP contribution < -0.4 is 10.1 Å². The van der Waals surface area contributed by atoms with Gasteiger partial charge in [0.2, 0.25) is 5.91 Å². The monoisotopic (exact) mass is 382 g/mol. The number of carbonyl (C=O) groups excluding carboxylic acids is 1. The molecule has 0 unspecified atom stereocenters. The summed E-state index contributed by atoms with van der Waals surface area (Å²) in [4.78, 5) is 14.4. The van der Waals surface area contributed by atoms with E-state index in [1.54, 1.807) is 24.0 Å². The highest BCUT2D eigenvalue weighted by atomic mass is 19.4. The maximum atomic E-state index is 12.9. The molecular formula is C18H21F3N4O2. The van der Waals surface area contributed by atoms with Crippen molar-refractivity contribution < 1.29 is 22.7 Å². The van der Waals surface area contributed by atoms with Crippen LogP contribution in [0.3, 0.4) is 0 Å². The Bertz CT molecular complexity index is 806. The maximum Gasteiger partial charge on any atom is 0.573 e. The highest BCUT2D eigenvalue weighted by molar-refractivity contribution is 5.80. The van der Waals surface area contributed by atoms with Crippen molar-refractivity contribution in [1.82, 2.24) is 20.0 Å². The Kier molecular flexibility index (Phi) is 5.41. The van der Waals surface area contributed by atoms with Gasteiger partial charge in [0.05, 0.1) is 12.1 Å². The molecular weight excluding hydrogens is 361 g/mol. The third-order valence-electron chi connectivity index (χ3n) is 4.67. The highest BCUT2D eigenvalue weighted by Crippen LogP contribution is 2.31. The predicted molar refractivity (Wildman–Crippen MR) is 91.9 cm³/mol. The Hall–Kier alpha value is -2.55. The quantitative estimate of drug-likeness (QED) is 0.862. The molecule has 2 aromatic rings. The number of carbonyl (C=O) groups is 1. The van der Waals surface area contributed by atoms with Gasteiger partial charge in [-0.05, 0) is 11.6 Å². The molecule has 1 amide bonds. The molecule has 1 N–H and O–H groups in total. The fourth-order valence-electron chi connectivity index (χ4n) is 3.40. The first-order chi connectivity index (χ1) is 12.7. The zero-order valence-corrected chi connectivity index (χ0v) is 15.0. The number of amides is 1. The Morgan fingerprint density at radius 3 is 2.78 bits per heavy atom. The largest absolute Gasteiger partial charge is 0.573 e. The van der Waals surface area contributed by atoms with E-state index < -0.39 is 6.36 Å². The summed E-state index contributed by atoms with van der Waals surface area (Å²) in [6.07, 6.45) is -1.16. The fraction of sp³-hybridized carbons (Fsp3) is 0.444. The number of benzene rings is 1. The number of aromatic nitrogens is 2. The third-order valence-corrected chi connectivity index (χ3v) is 4.67. The molecule has 0 radical (unpaired) electrons. The number of hydrogen-bond donors (Lipinski definition) is 1. The molecule has 9 heteroatoms. The molecule has 0 spiro atoms. The summed E-state index contributed by atoms with van der Waals surface area (Å²) in [5, 5.41) is 7.37. The second-order valence-corrected chi connectivity index (χ2v) is 6.67. The summed E-state index contributed by atoms with van der Waals surface area (Å²) in [6.45, 7) is 1.20. The second-order valence-electron chi connectivity index (χ2n) is 6.67. The van der Waals surface area contributed by atoms with Crippen molar-refractivity contribution in [3.05, 3.63) is 47.8 Å². The van der Waals surface area contributed by atoms with Gasteiger partial charge >= 0.3 is 6.36 Å². The van der Waals surface area contributed by atoms with Crippen LogP contribution in [0.5, 0.6) is 5.75 Å². The van der Waals surface area contributed by atoms with Crippen LogP contribution in [-0.2, 0) is 18.4 Å². The number of nitrogens with zero attached hydrogens (tertiary/aromatic N) is 3. The summed E-state index contributed by atoms with van der Waals surface area (Å²) >= 11 is 0. The van der Waals surface area contributed by atoms with Gasteiger partial charge in [-0.3, -0.25) is 9.48 Å². The molecule has 27 heavy (non-hydrogen) atoms. The second kappa shape index (κ2) is 7.59. The Balaban J connectivity index is 1.73. The van der Waals surface area contributed by atoms with Gasteiger partial charge < -0.3 is 15.0 Å². The van der Waals surface area contributed by atoms with Crippen molar-refractivity contribution in [3.63, 3.8) is 0 Å². The van der Waals surface area contributed by atoms with Crippen molar-refractivity contribution >= 4 is 5.91 Å². The van der Waals surface area contributed by atoms with Gasteiger partial charge in [-0.25, -0.2) is 0 Å². The first kappa shape index (κ1) is 19.2. The van der Waals surface area contributed by atoms with Crippen LogP contribution in [-0.4, -0.2) is 47.1 Å². The first-order valence-corrected chi connectivity index (χ1v) is 8.52. The maximum absolute atomic E-state index is 12.9. The van der Waals surface area contributed by atoms with E-state index >= 15 is 0 Å². The number of halogens is 3. The number of ether oxygens (including phenoxy) is 1. The highest BCUT2D eigenvalue weighted by Gasteiger charge is 2.37. The smallest absolute Gasteiger partial charge is 0.405 e. The molecule has 0 bridgehead atoms. The lowest BCUT2D eigenvalue weighted by Crippen LogP contribution is -2.36. The van der Waals surface area contributed by atoms with E-state index in [0.29, 0.717) is 18.7 Å². The molecule has 1 saturated heterocycles. The zero-order valence-electron chi connectivity index (χ0n) is 15.0. The lowest BCUT2D eigenvalue weighted by atomic mass is 9.90. The van der Waals surface area contributed by atoms with E-state index in [2.05, 4.69) is 15.2 Å². The Labute approximate surface area is 154 Å². The third kappa shape index (κ3) is 4.60. The van der Waals surface area contributed by atoms with Gasteiger partial charge in [0.15, 0.2) is 0 Å². The molecule has 0 saturated carbocycles. The molecule has 6 nitrogen and oxygen atoms in total. The van der Waals surface area contributed by atoms with Gasteiger partial charge in [0, 0.05) is 51.4 Å². The van der Waals surface area contributed by atoms with E-state index in [0.717, 1.165) is 5.56 Å². The molecule has 1 aromatic carbocycles. The Morgan fingerprint density at radius 2 is 2.11 bits per heavy atom. The molecule has 1 aliphatic heterocycles. The van der Waals surface area contributed by atoms with Crippen molar-refractivity contribution in [2.24, 2.45) is 13.0 Å². The molecule has 1 fully saturated rings. The van der Waals surface area contributed by atoms with E-state index in [1.807, 2.05) is 13.2 Å². The van der Waals surface area contributed by atoms with Crippen molar-refractivity contribution in [2.45, 2.75) is 18.8 Å². The van der Waals surface area contributed by atoms with Gasteiger partial charge in [-0.2, -0.15) is 5.10 Å². The normalized spacial score (nSPS) is 19.9. The van der Waals surface area contributed by atoms with Gasteiger partial charge in [0.1, 0.15) is 5.75 Å². The number of aryl methyl sites for hydroxylation is 1. The van der Waals surface area contributed by atoms with Crippen LogP contribution in [0.1, 0.15) is 17.0 Å². The summed E-state index contributed by atoms with van der Waals surface area (Å²) < 4.78 is 43.5. The van der Waals surface area contributed by atoms with Crippen LogP contribution in [0.2, 0.25) is 0 Å². The topological polar surface area (TPSA) is 59.4 Å². The minimum atomic E-state index is -4.78. The van der Waals surface area contributed by atoms with E-state index in [9.17, 15) is 18.0 Å². The standard InChI is InChI=1S/C18H21F3N4O2/c1-24(10-12-5-3-4-6-16(12)27-18(19,20)21)17(26)15-9-22-8-14(15)13-7-23-25(2)11-13/h3-7,11,14-15,22H,8-10H2,1-2H3/t14-,15+/m1/s1. The predicted octanol–water partition coefficient (Wildman–Crippen LogP) is 2.28. The van der Waals surface area contributed by atoms with Crippen molar-refractivity contribution in [1.29, 1.82) is 0 Å². The number of rotatable bonds is 5. The lowest BCUT2D eigenvalue weighted by molar-refractivity contribution is -0.275. The van der Waals surface area contributed by atoms with Gasteiger partial charge in [-0.15, -0.1) is 13.2 Å². The van der Waals surface area contributed by atoms with E-state index in [1.165, 1.54) is 23.1 Å². The molecule has 146 valence electrons. The summed E-state index contributed by atoms with van der Waals surface area (Å²) in [6, 6.07) is 5.85. The molecule has 0 aliphatic carbocycles.